The maximum Gasteiger partial charge on any atom is 0.225 e. The number of nitrogens with zero attached hydrogens (tertiary/aromatic N) is 3. The minimum Gasteiger partial charge on any atom is -0.362 e. The first kappa shape index (κ1) is 19.9. The van der Waals surface area contributed by atoms with Gasteiger partial charge in [0.25, 0.3) is 0 Å². The predicted octanol–water partition coefficient (Wildman–Crippen LogP) is 4.12. The second-order valence-electron chi connectivity index (χ2n) is 8.82. The largest absolute Gasteiger partial charge is 0.362 e. The van der Waals surface area contributed by atoms with Gasteiger partial charge in [-0.05, 0) is 50.7 Å². The third-order valence-corrected chi connectivity index (χ3v) is 6.39. The van der Waals surface area contributed by atoms with E-state index in [1.54, 1.807) is 0 Å². The average molecular weight is 396 g/mol. The molecule has 0 saturated heterocycles. The lowest BCUT2D eigenvalue weighted by Crippen LogP contribution is -2.43. The molecule has 2 fully saturated rings. The molecule has 6 nitrogen and oxygen atoms in total. The van der Waals surface area contributed by atoms with Gasteiger partial charge in [0.1, 0.15) is 5.82 Å². The zero-order valence-electron chi connectivity index (χ0n) is 17.7. The highest BCUT2D eigenvalue weighted by Gasteiger charge is 2.27. The SMILES string of the molecule is CN(C)c1nc(NC2CCC(NC(=O)C3CCCCC3)CC2)nc2ccccc12. The topological polar surface area (TPSA) is 70.2 Å². The van der Waals surface area contributed by atoms with Gasteiger partial charge in [-0.25, -0.2) is 4.98 Å². The standard InChI is InChI=1S/C23H33N5O/c1-28(2)21-19-10-6-7-11-20(19)26-23(27-21)25-18-14-12-17(13-15-18)24-22(29)16-8-4-3-5-9-16/h6-7,10-11,16-18H,3-5,8-9,12-15H2,1-2H3,(H,24,29)(H,25,26,27). The summed E-state index contributed by atoms with van der Waals surface area (Å²) in [4.78, 5) is 24.0. The van der Waals surface area contributed by atoms with Gasteiger partial charge < -0.3 is 15.5 Å². The number of fused-ring (bicyclic) bond motifs is 1. The van der Waals surface area contributed by atoms with Gasteiger partial charge in [-0.2, -0.15) is 4.98 Å². The number of carbonyl (C=O) groups is 1. The molecule has 2 saturated carbocycles. The molecule has 1 heterocycles. The lowest BCUT2D eigenvalue weighted by Gasteiger charge is -2.31. The molecule has 0 atom stereocenters. The molecule has 0 bridgehead atoms. The number of anilines is 2. The van der Waals surface area contributed by atoms with Crippen LogP contribution in [0.4, 0.5) is 11.8 Å². The highest BCUT2D eigenvalue weighted by molar-refractivity contribution is 5.90. The van der Waals surface area contributed by atoms with Crippen molar-refractivity contribution in [2.45, 2.75) is 69.9 Å². The summed E-state index contributed by atoms with van der Waals surface area (Å²) in [6.07, 6.45) is 9.92. The summed E-state index contributed by atoms with van der Waals surface area (Å²) < 4.78 is 0. The Labute approximate surface area is 173 Å². The molecular formula is C23H33N5O. The molecule has 156 valence electrons. The monoisotopic (exact) mass is 395 g/mol. The van der Waals surface area contributed by atoms with Crippen LogP contribution in [0.5, 0.6) is 0 Å². The van der Waals surface area contributed by atoms with E-state index in [-0.39, 0.29) is 11.8 Å². The molecule has 2 aliphatic carbocycles. The van der Waals surface area contributed by atoms with E-state index in [2.05, 4.69) is 16.7 Å². The van der Waals surface area contributed by atoms with Crippen molar-refractivity contribution in [2.75, 3.05) is 24.3 Å². The fourth-order valence-electron chi connectivity index (χ4n) is 4.71. The lowest BCUT2D eigenvalue weighted by molar-refractivity contribution is -0.126. The predicted molar refractivity (Wildman–Crippen MR) is 118 cm³/mol. The quantitative estimate of drug-likeness (QED) is 0.797. The summed E-state index contributed by atoms with van der Waals surface area (Å²) in [7, 11) is 4.03. The summed E-state index contributed by atoms with van der Waals surface area (Å²) in [5, 5.41) is 7.93. The fraction of sp³-hybridized carbons (Fsp3) is 0.609. The number of rotatable bonds is 5. The van der Waals surface area contributed by atoms with E-state index in [0.29, 0.717) is 18.0 Å². The molecule has 0 spiro atoms. The Kier molecular flexibility index (Phi) is 6.16. The molecule has 2 N–H and O–H groups in total. The van der Waals surface area contributed by atoms with Crippen LogP contribution in [0.3, 0.4) is 0 Å². The van der Waals surface area contributed by atoms with E-state index >= 15 is 0 Å². The maximum atomic E-state index is 12.5. The van der Waals surface area contributed by atoms with Crippen LogP contribution in [-0.4, -0.2) is 42.1 Å². The first-order valence-electron chi connectivity index (χ1n) is 11.1. The number of carbonyl (C=O) groups excluding carboxylic acids is 1. The smallest absolute Gasteiger partial charge is 0.225 e. The average Bonchev–Trinajstić information content (AvgIpc) is 2.75. The molecule has 0 unspecified atom stereocenters. The van der Waals surface area contributed by atoms with Crippen molar-refractivity contribution in [3.8, 4) is 0 Å². The molecule has 6 heteroatoms. The molecule has 2 aliphatic rings. The Morgan fingerprint density at radius 1 is 0.931 bits per heavy atom. The van der Waals surface area contributed by atoms with Gasteiger partial charge in [0.2, 0.25) is 11.9 Å². The molecule has 2 aromatic rings. The third-order valence-electron chi connectivity index (χ3n) is 6.39. The Morgan fingerprint density at radius 2 is 1.62 bits per heavy atom. The number of aromatic nitrogens is 2. The van der Waals surface area contributed by atoms with E-state index in [1.807, 2.05) is 37.2 Å². The van der Waals surface area contributed by atoms with Gasteiger partial charge >= 0.3 is 0 Å². The van der Waals surface area contributed by atoms with Crippen molar-refractivity contribution in [3.05, 3.63) is 24.3 Å². The van der Waals surface area contributed by atoms with Crippen LogP contribution in [0.2, 0.25) is 0 Å². The summed E-state index contributed by atoms with van der Waals surface area (Å²) in [5.41, 5.74) is 0.960. The summed E-state index contributed by atoms with van der Waals surface area (Å²) in [6, 6.07) is 8.81. The van der Waals surface area contributed by atoms with Crippen LogP contribution in [0.25, 0.3) is 10.9 Å². The van der Waals surface area contributed by atoms with Gasteiger partial charge in [0, 0.05) is 37.5 Å². The number of benzene rings is 1. The number of nitrogens with one attached hydrogen (secondary N) is 2. The second kappa shape index (κ2) is 8.97. The number of amides is 1. The van der Waals surface area contributed by atoms with Crippen LogP contribution < -0.4 is 15.5 Å². The van der Waals surface area contributed by atoms with Crippen LogP contribution >= 0.6 is 0 Å². The molecule has 1 amide bonds. The molecule has 1 aromatic heterocycles. The number of hydrogen-bond donors (Lipinski definition) is 2. The molecular weight excluding hydrogens is 362 g/mol. The lowest BCUT2D eigenvalue weighted by atomic mass is 9.87. The van der Waals surface area contributed by atoms with Gasteiger partial charge in [-0.15, -0.1) is 0 Å². The fourth-order valence-corrected chi connectivity index (χ4v) is 4.71. The first-order valence-corrected chi connectivity index (χ1v) is 11.1. The highest BCUT2D eigenvalue weighted by Crippen LogP contribution is 2.27. The van der Waals surface area contributed by atoms with Crippen molar-refractivity contribution in [2.24, 2.45) is 5.92 Å². The van der Waals surface area contributed by atoms with Gasteiger partial charge in [-0.3, -0.25) is 4.79 Å². The summed E-state index contributed by atoms with van der Waals surface area (Å²) in [6.45, 7) is 0. The van der Waals surface area contributed by atoms with E-state index in [0.717, 1.165) is 55.2 Å². The van der Waals surface area contributed by atoms with Crippen LogP contribution in [0.15, 0.2) is 24.3 Å². The van der Waals surface area contributed by atoms with Crippen molar-refractivity contribution >= 4 is 28.6 Å². The highest BCUT2D eigenvalue weighted by atomic mass is 16.1. The minimum atomic E-state index is 0.245. The molecule has 0 radical (unpaired) electrons. The normalized spacial score (nSPS) is 23.0. The van der Waals surface area contributed by atoms with Crippen LogP contribution in [-0.2, 0) is 4.79 Å². The third kappa shape index (κ3) is 4.80. The minimum absolute atomic E-state index is 0.245. The van der Waals surface area contributed by atoms with Crippen LogP contribution in [0, 0.1) is 5.92 Å². The van der Waals surface area contributed by atoms with Crippen molar-refractivity contribution in [1.29, 1.82) is 0 Å². The molecule has 1 aromatic carbocycles. The molecule has 29 heavy (non-hydrogen) atoms. The van der Waals surface area contributed by atoms with Crippen molar-refractivity contribution in [3.63, 3.8) is 0 Å². The maximum absolute atomic E-state index is 12.5. The van der Waals surface area contributed by atoms with E-state index < -0.39 is 0 Å². The van der Waals surface area contributed by atoms with Crippen LogP contribution in [0.1, 0.15) is 57.8 Å². The van der Waals surface area contributed by atoms with E-state index in [9.17, 15) is 4.79 Å². The summed E-state index contributed by atoms with van der Waals surface area (Å²) in [5.74, 6) is 2.17. The van der Waals surface area contributed by atoms with Crippen molar-refractivity contribution in [1.82, 2.24) is 15.3 Å². The van der Waals surface area contributed by atoms with E-state index in [1.165, 1.54) is 19.3 Å². The molecule has 0 aliphatic heterocycles. The number of hydrogen-bond acceptors (Lipinski definition) is 5. The van der Waals surface area contributed by atoms with Crippen molar-refractivity contribution < 1.29 is 4.79 Å². The van der Waals surface area contributed by atoms with Gasteiger partial charge in [0.15, 0.2) is 0 Å². The van der Waals surface area contributed by atoms with Gasteiger partial charge in [-0.1, -0.05) is 31.4 Å². The Hall–Kier alpha value is -2.37. The van der Waals surface area contributed by atoms with Gasteiger partial charge in [0.05, 0.1) is 5.52 Å². The number of para-hydroxylation sites is 1. The Morgan fingerprint density at radius 3 is 2.34 bits per heavy atom. The zero-order valence-corrected chi connectivity index (χ0v) is 17.7. The summed E-state index contributed by atoms with van der Waals surface area (Å²) >= 11 is 0. The molecule has 4 rings (SSSR count). The zero-order chi connectivity index (χ0) is 20.2. The Bertz CT molecular complexity index is 838. The second-order valence-corrected chi connectivity index (χ2v) is 8.82. The first-order chi connectivity index (χ1) is 14.1. The Balaban J connectivity index is 1.34. The van der Waals surface area contributed by atoms with E-state index in [4.69, 9.17) is 9.97 Å².